The van der Waals surface area contributed by atoms with Crippen LogP contribution in [-0.4, -0.2) is 21.9 Å². The van der Waals surface area contributed by atoms with Crippen molar-refractivity contribution in [3.05, 3.63) is 87.8 Å². The van der Waals surface area contributed by atoms with Crippen molar-refractivity contribution in [2.24, 2.45) is 0 Å². The Morgan fingerprint density at radius 2 is 1.79 bits per heavy atom. The van der Waals surface area contributed by atoms with Crippen molar-refractivity contribution in [1.29, 1.82) is 0 Å². The van der Waals surface area contributed by atoms with Crippen LogP contribution in [0.25, 0.3) is 6.08 Å². The van der Waals surface area contributed by atoms with Gasteiger partial charge in [0.05, 0.1) is 16.2 Å². The van der Waals surface area contributed by atoms with Crippen molar-refractivity contribution >= 4 is 46.6 Å². The Kier molecular flexibility index (Phi) is 5.37. The van der Waals surface area contributed by atoms with Gasteiger partial charge in [-0.15, -0.1) is 0 Å². The maximum Gasteiger partial charge on any atom is 0.276 e. The summed E-state index contributed by atoms with van der Waals surface area (Å²) < 4.78 is 13.1. The number of halogens is 1. The predicted molar refractivity (Wildman–Crippen MR) is 105 cm³/mol. The monoisotopic (exact) mass is 397 g/mol. The van der Waals surface area contributed by atoms with Crippen molar-refractivity contribution in [3.63, 3.8) is 0 Å². The molecule has 1 aliphatic heterocycles. The van der Waals surface area contributed by atoms with Gasteiger partial charge in [-0.05, 0) is 54.7 Å². The fourth-order valence-electron chi connectivity index (χ4n) is 2.54. The third-order valence-corrected chi connectivity index (χ3v) is 4.14. The molecule has 1 saturated heterocycles. The molecule has 140 valence electrons. The zero-order chi connectivity index (χ0) is 20.3. The van der Waals surface area contributed by atoms with Crippen LogP contribution in [0.5, 0.6) is 0 Å². The molecule has 0 unspecified atom stereocenters. The van der Waals surface area contributed by atoms with E-state index in [2.05, 4.69) is 5.32 Å². The lowest BCUT2D eigenvalue weighted by Gasteiger charge is -2.28. The summed E-state index contributed by atoms with van der Waals surface area (Å²) in [6.45, 7) is 0. The molecule has 28 heavy (non-hydrogen) atoms. The molecule has 0 bridgehead atoms. The molecule has 0 spiro atoms. The average Bonchev–Trinajstić information content (AvgIpc) is 2.66. The number of nitrogens with one attached hydrogen (secondary N) is 1. The van der Waals surface area contributed by atoms with Gasteiger partial charge in [0, 0.05) is 6.07 Å². The maximum atomic E-state index is 13.1. The minimum absolute atomic E-state index is 0.106. The standard InChI is InChI=1S/C19H12FN3O4S/c20-13-8-10-14(11-9-13)22-18(25)15(17(24)21-19(22)28)6-3-5-12-4-1-2-7-16(12)23(26)27/h1-11H,(H,21,24,28)/b5-3+,15-6+. The van der Waals surface area contributed by atoms with Crippen molar-refractivity contribution in [2.75, 3.05) is 4.90 Å². The Bertz CT molecular complexity index is 1050. The molecule has 1 fully saturated rings. The van der Waals surface area contributed by atoms with Crippen molar-refractivity contribution in [3.8, 4) is 0 Å². The molecule has 0 saturated carbocycles. The van der Waals surface area contributed by atoms with E-state index in [1.54, 1.807) is 6.07 Å². The van der Waals surface area contributed by atoms with Crippen LogP contribution in [0.1, 0.15) is 5.56 Å². The Hall–Kier alpha value is -3.72. The number of benzene rings is 2. The Labute approximate surface area is 163 Å². The fourth-order valence-corrected chi connectivity index (χ4v) is 2.83. The van der Waals surface area contributed by atoms with Crippen LogP contribution in [0.4, 0.5) is 15.8 Å². The smallest absolute Gasteiger partial charge is 0.276 e. The first-order valence-electron chi connectivity index (χ1n) is 7.95. The summed E-state index contributed by atoms with van der Waals surface area (Å²) in [6.07, 6.45) is 4.03. The van der Waals surface area contributed by atoms with Gasteiger partial charge in [0.1, 0.15) is 11.4 Å². The molecule has 7 nitrogen and oxygen atoms in total. The molecule has 0 atom stereocenters. The number of thiocarbonyl (C=S) groups is 1. The zero-order valence-corrected chi connectivity index (χ0v) is 15.0. The third kappa shape index (κ3) is 3.84. The molecule has 0 radical (unpaired) electrons. The largest absolute Gasteiger partial charge is 0.298 e. The lowest BCUT2D eigenvalue weighted by Crippen LogP contribution is -2.54. The van der Waals surface area contributed by atoms with Gasteiger partial charge in [0.15, 0.2) is 5.11 Å². The van der Waals surface area contributed by atoms with Gasteiger partial charge >= 0.3 is 0 Å². The first-order valence-corrected chi connectivity index (χ1v) is 8.36. The Morgan fingerprint density at radius 3 is 2.46 bits per heavy atom. The van der Waals surface area contributed by atoms with E-state index in [4.69, 9.17) is 12.2 Å². The number of carbonyl (C=O) groups is 2. The molecule has 1 N–H and O–H groups in total. The molecular weight excluding hydrogens is 385 g/mol. The van der Waals surface area contributed by atoms with E-state index in [1.165, 1.54) is 60.7 Å². The second kappa shape index (κ2) is 7.89. The van der Waals surface area contributed by atoms with Crippen LogP contribution >= 0.6 is 12.2 Å². The SMILES string of the molecule is O=C1NC(=S)N(c2ccc(F)cc2)C(=O)/C1=C/C=C/c1ccccc1[N+](=O)[O-]. The summed E-state index contributed by atoms with van der Waals surface area (Å²) in [6, 6.07) is 11.1. The highest BCUT2D eigenvalue weighted by molar-refractivity contribution is 7.80. The Balaban J connectivity index is 1.91. The molecule has 3 rings (SSSR count). The van der Waals surface area contributed by atoms with Crippen molar-refractivity contribution in [2.45, 2.75) is 0 Å². The van der Waals surface area contributed by atoms with Crippen molar-refractivity contribution < 1.29 is 18.9 Å². The van der Waals surface area contributed by atoms with Crippen LogP contribution in [0.3, 0.4) is 0 Å². The van der Waals surface area contributed by atoms with Crippen LogP contribution < -0.4 is 10.2 Å². The van der Waals surface area contributed by atoms with Gasteiger partial charge in [0.2, 0.25) is 0 Å². The van der Waals surface area contributed by atoms with E-state index < -0.39 is 22.6 Å². The molecule has 9 heteroatoms. The summed E-state index contributed by atoms with van der Waals surface area (Å²) in [5, 5.41) is 13.3. The summed E-state index contributed by atoms with van der Waals surface area (Å²) in [5.74, 6) is -1.86. The van der Waals surface area contributed by atoms with Gasteiger partial charge in [-0.3, -0.25) is 29.9 Å². The summed E-state index contributed by atoms with van der Waals surface area (Å²) in [5.41, 5.74) is 0.294. The first kappa shape index (κ1) is 19.1. The normalized spacial score (nSPS) is 16.0. The quantitative estimate of drug-likeness (QED) is 0.281. The molecule has 2 amide bonds. The van der Waals surface area contributed by atoms with E-state index in [-0.39, 0.29) is 16.4 Å². The van der Waals surface area contributed by atoms with Gasteiger partial charge in [-0.1, -0.05) is 18.2 Å². The first-order chi connectivity index (χ1) is 13.4. The number of carbonyl (C=O) groups excluding carboxylic acids is 2. The van der Waals surface area contributed by atoms with Gasteiger partial charge in [-0.2, -0.15) is 0 Å². The van der Waals surface area contributed by atoms with Crippen molar-refractivity contribution in [1.82, 2.24) is 5.32 Å². The van der Waals surface area contributed by atoms with E-state index >= 15 is 0 Å². The number of rotatable bonds is 4. The average molecular weight is 397 g/mol. The summed E-state index contributed by atoms with van der Waals surface area (Å²) in [4.78, 5) is 36.5. The molecule has 0 aromatic heterocycles. The minimum Gasteiger partial charge on any atom is -0.298 e. The second-order valence-electron chi connectivity index (χ2n) is 5.63. The lowest BCUT2D eigenvalue weighted by atomic mass is 10.1. The number of allylic oxidation sites excluding steroid dienone is 2. The number of hydrogen-bond donors (Lipinski definition) is 1. The minimum atomic E-state index is -0.694. The number of hydrogen-bond acceptors (Lipinski definition) is 5. The van der Waals surface area contributed by atoms with E-state index in [9.17, 15) is 24.1 Å². The van der Waals surface area contributed by atoms with Gasteiger partial charge in [-0.25, -0.2) is 4.39 Å². The number of nitro groups is 1. The second-order valence-corrected chi connectivity index (χ2v) is 6.02. The number of anilines is 1. The third-order valence-electron chi connectivity index (χ3n) is 3.86. The van der Waals surface area contributed by atoms with Crippen LogP contribution in [0.15, 0.2) is 66.3 Å². The Morgan fingerprint density at radius 1 is 1.11 bits per heavy atom. The highest BCUT2D eigenvalue weighted by Crippen LogP contribution is 2.22. The number of nitro benzene ring substituents is 1. The van der Waals surface area contributed by atoms with Gasteiger partial charge in [0.25, 0.3) is 17.5 Å². The lowest BCUT2D eigenvalue weighted by molar-refractivity contribution is -0.385. The molecule has 2 aromatic carbocycles. The molecule has 1 aliphatic rings. The number of nitrogens with zero attached hydrogens (tertiary/aromatic N) is 2. The van der Waals surface area contributed by atoms with Crippen LogP contribution in [0, 0.1) is 15.9 Å². The fraction of sp³-hybridized carbons (Fsp3) is 0. The van der Waals surface area contributed by atoms with Crippen LogP contribution in [0.2, 0.25) is 0 Å². The van der Waals surface area contributed by atoms with E-state index in [0.717, 1.165) is 4.90 Å². The highest BCUT2D eigenvalue weighted by atomic mass is 32.1. The maximum absolute atomic E-state index is 13.1. The zero-order valence-electron chi connectivity index (χ0n) is 14.2. The molecular formula is C19H12FN3O4S. The summed E-state index contributed by atoms with van der Waals surface area (Å²) >= 11 is 5.04. The number of amides is 2. The highest BCUT2D eigenvalue weighted by Gasteiger charge is 2.34. The number of para-hydroxylation sites is 1. The molecule has 1 heterocycles. The molecule has 0 aliphatic carbocycles. The predicted octanol–water partition coefficient (Wildman–Crippen LogP) is 3.12. The summed E-state index contributed by atoms with van der Waals surface area (Å²) in [7, 11) is 0. The van der Waals surface area contributed by atoms with Gasteiger partial charge < -0.3 is 0 Å². The van der Waals surface area contributed by atoms with E-state index in [0.29, 0.717) is 11.3 Å². The molecule has 2 aromatic rings. The van der Waals surface area contributed by atoms with Crippen LogP contribution in [-0.2, 0) is 9.59 Å². The van der Waals surface area contributed by atoms with E-state index in [1.807, 2.05) is 0 Å². The topological polar surface area (TPSA) is 92.6 Å².